The van der Waals surface area contributed by atoms with Crippen molar-refractivity contribution < 1.29 is 75.9 Å². The van der Waals surface area contributed by atoms with Crippen molar-refractivity contribution in [3.63, 3.8) is 0 Å². The first-order chi connectivity index (χ1) is 15.0. The second kappa shape index (κ2) is 10.6. The van der Waals surface area contributed by atoms with E-state index in [1.54, 1.807) is 0 Å². The summed E-state index contributed by atoms with van der Waals surface area (Å²) in [5.41, 5.74) is -2.46. The van der Waals surface area contributed by atoms with Gasteiger partial charge in [0, 0.05) is 13.0 Å². The summed E-state index contributed by atoms with van der Waals surface area (Å²) in [6.07, 6.45) is -15.9. The first-order valence-electron chi connectivity index (χ1n) is 8.69. The molecule has 19 heteroatoms. The standard InChI is InChI=1S/C15H17F10NO7S/c1-3-26-10(28)12(14(21,22)23,33-9(27)8(2)13(18,19)20)32-7-5-4-6-11(16,17)15(24,25)34(29,30)31/h2-7H2,1H3,(H,26,28)(H,29,30,31). The number of carbonyl (C=O) groups excluding carboxylic acids is 2. The maximum Gasteiger partial charge on any atom is 0.466 e. The molecule has 0 heterocycles. The van der Waals surface area contributed by atoms with Gasteiger partial charge in [-0.2, -0.15) is 52.3 Å². The third-order valence-corrected chi connectivity index (χ3v) is 4.72. The first kappa shape index (κ1) is 31.9. The summed E-state index contributed by atoms with van der Waals surface area (Å²) >= 11 is 0. The van der Waals surface area contributed by atoms with E-state index < -0.39 is 89.3 Å². The van der Waals surface area contributed by atoms with Gasteiger partial charge in [0.1, 0.15) is 5.57 Å². The number of alkyl halides is 10. The van der Waals surface area contributed by atoms with E-state index in [0.29, 0.717) is 0 Å². The molecule has 0 aliphatic carbocycles. The van der Waals surface area contributed by atoms with E-state index in [2.05, 4.69) is 16.1 Å². The highest BCUT2D eigenvalue weighted by Crippen LogP contribution is 2.42. The fraction of sp³-hybridized carbons (Fsp3) is 0.733. The molecule has 0 rings (SSSR count). The number of halogens is 10. The summed E-state index contributed by atoms with van der Waals surface area (Å²) in [6.45, 7) is 1.21. The lowest BCUT2D eigenvalue weighted by Gasteiger charge is -2.33. The zero-order valence-corrected chi connectivity index (χ0v) is 17.6. The largest absolute Gasteiger partial charge is 0.466 e. The zero-order chi connectivity index (χ0) is 27.4. The molecule has 0 saturated carbocycles. The van der Waals surface area contributed by atoms with E-state index >= 15 is 0 Å². The Morgan fingerprint density at radius 3 is 1.85 bits per heavy atom. The number of nitrogens with one attached hydrogen (secondary N) is 1. The van der Waals surface area contributed by atoms with Crippen molar-refractivity contribution >= 4 is 22.0 Å². The maximum atomic E-state index is 13.6. The fourth-order valence-corrected chi connectivity index (χ4v) is 2.47. The number of ether oxygens (including phenoxy) is 2. The van der Waals surface area contributed by atoms with Crippen LogP contribution in [0.15, 0.2) is 12.2 Å². The molecular weight excluding hydrogens is 528 g/mol. The van der Waals surface area contributed by atoms with Crippen LogP contribution in [-0.4, -0.2) is 67.3 Å². The van der Waals surface area contributed by atoms with E-state index in [1.807, 2.05) is 0 Å². The predicted molar refractivity (Wildman–Crippen MR) is 90.0 cm³/mol. The quantitative estimate of drug-likeness (QED) is 0.0965. The molecule has 0 aromatic rings. The number of esters is 1. The van der Waals surface area contributed by atoms with Crippen molar-refractivity contribution in [1.82, 2.24) is 5.32 Å². The molecule has 2 N–H and O–H groups in total. The highest BCUT2D eigenvalue weighted by Gasteiger charge is 2.67. The zero-order valence-electron chi connectivity index (χ0n) is 16.8. The second-order valence-electron chi connectivity index (χ2n) is 6.34. The molecule has 0 aromatic carbocycles. The molecule has 0 fully saturated rings. The number of hydrogen-bond acceptors (Lipinski definition) is 6. The smallest absolute Gasteiger partial charge is 0.412 e. The van der Waals surface area contributed by atoms with Gasteiger partial charge < -0.3 is 14.8 Å². The van der Waals surface area contributed by atoms with Crippen molar-refractivity contribution in [3.8, 4) is 0 Å². The Hall–Kier alpha value is -2.15. The highest BCUT2D eigenvalue weighted by molar-refractivity contribution is 7.87. The van der Waals surface area contributed by atoms with E-state index in [1.165, 1.54) is 5.32 Å². The average molecular weight is 545 g/mol. The molecule has 1 unspecified atom stereocenters. The molecule has 0 aliphatic heterocycles. The van der Waals surface area contributed by atoms with Gasteiger partial charge in [0.25, 0.3) is 0 Å². The van der Waals surface area contributed by atoms with Crippen LogP contribution in [0.4, 0.5) is 43.9 Å². The molecule has 8 nitrogen and oxygen atoms in total. The Morgan fingerprint density at radius 1 is 0.971 bits per heavy atom. The molecule has 0 aliphatic rings. The molecule has 34 heavy (non-hydrogen) atoms. The second-order valence-corrected chi connectivity index (χ2v) is 7.80. The summed E-state index contributed by atoms with van der Waals surface area (Å²) in [4.78, 5) is 23.4. The Kier molecular flexibility index (Phi) is 9.96. The minimum absolute atomic E-state index is 0.575. The normalized spacial score (nSPS) is 15.4. The molecule has 0 aromatic heterocycles. The fourth-order valence-electron chi connectivity index (χ4n) is 1.99. The molecule has 0 radical (unpaired) electrons. The lowest BCUT2D eigenvalue weighted by Crippen LogP contribution is -2.61. The maximum absolute atomic E-state index is 13.6. The number of likely N-dealkylation sites (N-methyl/N-ethyl adjacent to an activating group) is 1. The van der Waals surface area contributed by atoms with Crippen molar-refractivity contribution in [2.24, 2.45) is 0 Å². The summed E-state index contributed by atoms with van der Waals surface area (Å²) in [6, 6.07) is 0. The van der Waals surface area contributed by atoms with E-state index in [-0.39, 0.29) is 0 Å². The van der Waals surface area contributed by atoms with Crippen LogP contribution in [-0.2, 0) is 29.2 Å². The Bertz CT molecular complexity index is 870. The van der Waals surface area contributed by atoms with Crippen LogP contribution in [0.3, 0.4) is 0 Å². The van der Waals surface area contributed by atoms with E-state index in [4.69, 9.17) is 4.55 Å². The lowest BCUT2D eigenvalue weighted by molar-refractivity contribution is -0.347. The molecule has 1 atom stereocenters. The van der Waals surface area contributed by atoms with Crippen LogP contribution in [0.2, 0.25) is 0 Å². The van der Waals surface area contributed by atoms with Gasteiger partial charge in [-0.05, 0) is 19.8 Å². The van der Waals surface area contributed by atoms with Gasteiger partial charge in [-0.15, -0.1) is 0 Å². The van der Waals surface area contributed by atoms with Crippen molar-refractivity contribution in [3.05, 3.63) is 12.2 Å². The van der Waals surface area contributed by atoms with Crippen molar-refractivity contribution in [2.45, 2.75) is 55.5 Å². The summed E-state index contributed by atoms with van der Waals surface area (Å²) in [5, 5.41) is -4.46. The van der Waals surface area contributed by atoms with Crippen molar-refractivity contribution in [1.29, 1.82) is 0 Å². The first-order valence-corrected chi connectivity index (χ1v) is 10.1. The highest BCUT2D eigenvalue weighted by atomic mass is 32.2. The average Bonchev–Trinajstić information content (AvgIpc) is 2.63. The van der Waals surface area contributed by atoms with Crippen LogP contribution in [0.5, 0.6) is 0 Å². The van der Waals surface area contributed by atoms with Gasteiger partial charge >= 0.3 is 51.3 Å². The number of carbonyl (C=O) groups is 2. The third-order valence-electron chi connectivity index (χ3n) is 3.77. The summed E-state index contributed by atoms with van der Waals surface area (Å²) in [7, 11) is -6.57. The summed E-state index contributed by atoms with van der Waals surface area (Å²) in [5.74, 6) is -15.2. The van der Waals surface area contributed by atoms with Crippen LogP contribution in [0.1, 0.15) is 26.2 Å². The number of hydrogen-bond donors (Lipinski definition) is 2. The van der Waals surface area contributed by atoms with E-state index in [9.17, 15) is 61.9 Å². The lowest BCUT2D eigenvalue weighted by atomic mass is 10.1. The Labute approximate surface area is 185 Å². The van der Waals surface area contributed by atoms with Gasteiger partial charge in [0.05, 0.1) is 6.61 Å². The summed E-state index contributed by atoms with van der Waals surface area (Å²) < 4.78 is 168. The molecular formula is C15H17F10NO7S. The van der Waals surface area contributed by atoms with Gasteiger partial charge in [-0.3, -0.25) is 9.35 Å². The van der Waals surface area contributed by atoms with Gasteiger partial charge in [-0.1, -0.05) is 6.58 Å². The minimum Gasteiger partial charge on any atom is -0.412 e. The third kappa shape index (κ3) is 7.17. The Balaban J connectivity index is 5.68. The van der Waals surface area contributed by atoms with Gasteiger partial charge in [0.2, 0.25) is 0 Å². The molecule has 0 saturated heterocycles. The SMILES string of the molecule is C=C(C(=O)OC(OCCCCC(F)(F)C(F)(F)S(=O)(=O)O)(C(=O)NCC)C(F)(F)F)C(F)(F)F. The predicted octanol–water partition coefficient (Wildman–Crippen LogP) is 3.35. The Morgan fingerprint density at radius 2 is 1.47 bits per heavy atom. The van der Waals surface area contributed by atoms with Crippen LogP contribution >= 0.6 is 0 Å². The number of unbranched alkanes of at least 4 members (excludes halogenated alkanes) is 1. The molecule has 0 spiro atoms. The van der Waals surface area contributed by atoms with Crippen LogP contribution in [0, 0.1) is 0 Å². The van der Waals surface area contributed by atoms with Crippen molar-refractivity contribution in [2.75, 3.05) is 13.2 Å². The van der Waals surface area contributed by atoms with Gasteiger partial charge in [-0.25, -0.2) is 4.79 Å². The number of amides is 1. The van der Waals surface area contributed by atoms with Crippen LogP contribution in [0.25, 0.3) is 0 Å². The molecule has 0 bridgehead atoms. The molecule has 200 valence electrons. The van der Waals surface area contributed by atoms with Gasteiger partial charge in [0.15, 0.2) is 0 Å². The minimum atomic E-state index is -6.57. The van der Waals surface area contributed by atoms with E-state index in [0.717, 1.165) is 6.92 Å². The monoisotopic (exact) mass is 545 g/mol. The number of rotatable bonds is 12. The topological polar surface area (TPSA) is 119 Å². The van der Waals surface area contributed by atoms with Crippen LogP contribution < -0.4 is 5.32 Å². The molecule has 1 amide bonds.